The minimum absolute atomic E-state index is 0.346. The highest BCUT2D eigenvalue weighted by Gasteiger charge is 2.51. The fraction of sp³-hybridized carbons (Fsp3) is 0.750. The molecule has 0 unspecified atom stereocenters. The maximum atomic E-state index is 6.04. The van der Waals surface area contributed by atoms with Gasteiger partial charge in [0.25, 0.3) is 0 Å². The Kier molecular flexibility index (Phi) is 5.23. The summed E-state index contributed by atoms with van der Waals surface area (Å²) in [5, 5.41) is 1.36. The van der Waals surface area contributed by atoms with Gasteiger partial charge in [0.1, 0.15) is 0 Å². The number of nitrogens with zero attached hydrogens (tertiary/aromatic N) is 3. The van der Waals surface area contributed by atoms with Crippen molar-refractivity contribution in [3.63, 3.8) is 0 Å². The second kappa shape index (κ2) is 6.92. The van der Waals surface area contributed by atoms with Crippen LogP contribution in [0.5, 0.6) is 0 Å². The minimum Gasteiger partial charge on any atom is -0.399 e. The van der Waals surface area contributed by atoms with Gasteiger partial charge in [-0.2, -0.15) is 0 Å². The smallest absolute Gasteiger partial charge is 0.399 e. The molecule has 6 nitrogen and oxygen atoms in total. The van der Waals surface area contributed by atoms with E-state index >= 15 is 0 Å². The second-order valence-electron chi connectivity index (χ2n) is 7.51. The van der Waals surface area contributed by atoms with Crippen molar-refractivity contribution in [2.45, 2.75) is 55.7 Å². The molecule has 0 bridgehead atoms. The van der Waals surface area contributed by atoms with Gasteiger partial charge in [0.15, 0.2) is 5.16 Å². The Bertz CT molecular complexity index is 554. The number of likely N-dealkylation sites (tertiary alicyclic amines) is 1. The summed E-state index contributed by atoms with van der Waals surface area (Å²) in [6.07, 6.45) is 4.81. The van der Waals surface area contributed by atoms with Crippen LogP contribution >= 0.6 is 11.8 Å². The molecule has 3 heterocycles. The summed E-state index contributed by atoms with van der Waals surface area (Å²) in [4.78, 5) is 11.4. The molecule has 0 amide bonds. The molecule has 2 saturated heterocycles. The molecule has 1 aromatic heterocycles. The zero-order chi connectivity index (χ0) is 17.4. The van der Waals surface area contributed by atoms with Crippen LogP contribution in [-0.4, -0.2) is 64.6 Å². The molecule has 0 aromatic carbocycles. The van der Waals surface area contributed by atoms with E-state index in [1.54, 1.807) is 11.8 Å². The maximum Gasteiger partial charge on any atom is 0.498 e. The SMILES string of the molecule is CC1(C)OB(c2cnc(S[C@H]3CCN(CCN)C3)nc2)OC1(C)C. The van der Waals surface area contributed by atoms with E-state index in [0.29, 0.717) is 5.25 Å². The predicted octanol–water partition coefficient (Wildman–Crippen LogP) is 0.901. The van der Waals surface area contributed by atoms with E-state index in [1.165, 1.54) is 0 Å². The van der Waals surface area contributed by atoms with Gasteiger partial charge >= 0.3 is 7.12 Å². The average Bonchev–Trinajstić information content (AvgIpc) is 3.02. The maximum absolute atomic E-state index is 6.04. The minimum atomic E-state index is -0.402. The van der Waals surface area contributed by atoms with Gasteiger partial charge in [-0.1, -0.05) is 11.8 Å². The normalized spacial score (nSPS) is 26.2. The van der Waals surface area contributed by atoms with Gasteiger partial charge in [0, 0.05) is 42.7 Å². The summed E-state index contributed by atoms with van der Waals surface area (Å²) >= 11 is 1.75. The van der Waals surface area contributed by atoms with E-state index < -0.39 is 7.12 Å². The fourth-order valence-electron chi connectivity index (χ4n) is 2.92. The molecule has 2 aliphatic heterocycles. The van der Waals surface area contributed by atoms with E-state index in [9.17, 15) is 0 Å². The van der Waals surface area contributed by atoms with E-state index in [-0.39, 0.29) is 11.2 Å². The molecule has 3 rings (SSSR count). The first-order valence-electron chi connectivity index (χ1n) is 8.57. The predicted molar refractivity (Wildman–Crippen MR) is 97.5 cm³/mol. The van der Waals surface area contributed by atoms with Crippen molar-refractivity contribution in [3.05, 3.63) is 12.4 Å². The summed E-state index contributed by atoms with van der Waals surface area (Å²) in [5.41, 5.74) is 5.80. The third-order valence-corrected chi connectivity index (χ3v) is 6.26. The first-order valence-corrected chi connectivity index (χ1v) is 9.45. The summed E-state index contributed by atoms with van der Waals surface area (Å²) < 4.78 is 12.1. The van der Waals surface area contributed by atoms with E-state index in [1.807, 2.05) is 40.1 Å². The highest BCUT2D eigenvalue weighted by Crippen LogP contribution is 2.36. The van der Waals surface area contributed by atoms with Crippen molar-refractivity contribution in [1.29, 1.82) is 0 Å². The lowest BCUT2D eigenvalue weighted by Gasteiger charge is -2.32. The van der Waals surface area contributed by atoms with Crippen molar-refractivity contribution in [1.82, 2.24) is 14.9 Å². The van der Waals surface area contributed by atoms with Crippen molar-refractivity contribution in [2.24, 2.45) is 5.73 Å². The molecule has 24 heavy (non-hydrogen) atoms. The highest BCUT2D eigenvalue weighted by atomic mass is 32.2. The Morgan fingerprint density at radius 1 is 1.25 bits per heavy atom. The molecule has 0 aliphatic carbocycles. The van der Waals surface area contributed by atoms with Crippen LogP contribution in [0.25, 0.3) is 0 Å². The van der Waals surface area contributed by atoms with Gasteiger partial charge in [0.05, 0.1) is 11.2 Å². The van der Waals surface area contributed by atoms with Gasteiger partial charge in [-0.15, -0.1) is 0 Å². The Morgan fingerprint density at radius 3 is 2.46 bits per heavy atom. The van der Waals surface area contributed by atoms with Crippen LogP contribution in [0, 0.1) is 0 Å². The van der Waals surface area contributed by atoms with Crippen LogP contribution in [0.4, 0.5) is 0 Å². The van der Waals surface area contributed by atoms with Crippen molar-refractivity contribution >= 4 is 24.3 Å². The number of hydrogen-bond acceptors (Lipinski definition) is 7. The fourth-order valence-corrected chi connectivity index (χ4v) is 3.95. The largest absolute Gasteiger partial charge is 0.498 e. The van der Waals surface area contributed by atoms with Crippen molar-refractivity contribution in [3.8, 4) is 0 Å². The molecule has 1 aromatic rings. The Labute approximate surface area is 149 Å². The molecule has 0 radical (unpaired) electrons. The Balaban J connectivity index is 1.59. The molecule has 2 aliphatic rings. The van der Waals surface area contributed by atoms with Crippen molar-refractivity contribution in [2.75, 3.05) is 26.2 Å². The summed E-state index contributed by atoms with van der Waals surface area (Å²) in [6, 6.07) is 0. The molecule has 0 spiro atoms. The molecule has 0 saturated carbocycles. The van der Waals surface area contributed by atoms with Crippen LogP contribution in [0.2, 0.25) is 0 Å². The third kappa shape index (κ3) is 3.78. The van der Waals surface area contributed by atoms with Gasteiger partial charge in [-0.05, 0) is 40.7 Å². The van der Waals surface area contributed by atoms with Crippen LogP contribution in [0.3, 0.4) is 0 Å². The molecule has 132 valence electrons. The average molecular weight is 350 g/mol. The zero-order valence-electron chi connectivity index (χ0n) is 15.0. The third-order valence-electron chi connectivity index (χ3n) is 5.12. The van der Waals surface area contributed by atoms with E-state index in [2.05, 4.69) is 14.9 Å². The molecular weight excluding hydrogens is 323 g/mol. The van der Waals surface area contributed by atoms with Gasteiger partial charge < -0.3 is 19.9 Å². The lowest BCUT2D eigenvalue weighted by Crippen LogP contribution is -2.41. The Hall–Kier alpha value is -0.665. The first kappa shape index (κ1) is 18.1. The molecule has 1 atom stereocenters. The van der Waals surface area contributed by atoms with Crippen LogP contribution in [0.15, 0.2) is 17.6 Å². The highest BCUT2D eigenvalue weighted by molar-refractivity contribution is 7.99. The monoisotopic (exact) mass is 350 g/mol. The van der Waals surface area contributed by atoms with Gasteiger partial charge in [0.2, 0.25) is 0 Å². The Morgan fingerprint density at radius 2 is 1.88 bits per heavy atom. The number of aromatic nitrogens is 2. The standard InChI is InChI=1S/C16H27BN4O2S/c1-15(2)16(3,4)23-17(22-15)12-9-19-14(20-10-12)24-13-5-7-21(11-13)8-6-18/h9-10,13H,5-8,11,18H2,1-4H3/t13-/m0/s1. The number of rotatable bonds is 5. The molecule has 2 fully saturated rings. The van der Waals surface area contributed by atoms with E-state index in [4.69, 9.17) is 15.0 Å². The molecule has 2 N–H and O–H groups in total. The quantitative estimate of drug-likeness (QED) is 0.625. The summed E-state index contributed by atoms with van der Waals surface area (Å²) in [5.74, 6) is 0. The number of thioether (sulfide) groups is 1. The van der Waals surface area contributed by atoms with E-state index in [0.717, 1.165) is 43.2 Å². The van der Waals surface area contributed by atoms with Crippen LogP contribution < -0.4 is 11.2 Å². The molecule has 8 heteroatoms. The van der Waals surface area contributed by atoms with Gasteiger partial charge in [-0.25, -0.2) is 9.97 Å². The van der Waals surface area contributed by atoms with Gasteiger partial charge in [-0.3, -0.25) is 0 Å². The van der Waals surface area contributed by atoms with Crippen LogP contribution in [-0.2, 0) is 9.31 Å². The summed E-state index contributed by atoms with van der Waals surface area (Å²) in [6.45, 7) is 12.0. The number of nitrogens with two attached hydrogens (primary N) is 1. The molecular formula is C16H27BN4O2S. The lowest BCUT2D eigenvalue weighted by atomic mass is 9.81. The lowest BCUT2D eigenvalue weighted by molar-refractivity contribution is 0.00578. The van der Waals surface area contributed by atoms with Crippen LogP contribution in [0.1, 0.15) is 34.1 Å². The number of hydrogen-bond donors (Lipinski definition) is 1. The summed E-state index contributed by atoms with van der Waals surface area (Å²) in [7, 11) is -0.402. The van der Waals surface area contributed by atoms with Crippen molar-refractivity contribution < 1.29 is 9.31 Å². The topological polar surface area (TPSA) is 73.5 Å². The second-order valence-corrected chi connectivity index (χ2v) is 8.77. The first-order chi connectivity index (χ1) is 11.3. The zero-order valence-corrected chi connectivity index (χ0v) is 15.8.